The van der Waals surface area contributed by atoms with E-state index in [4.69, 9.17) is 0 Å². The summed E-state index contributed by atoms with van der Waals surface area (Å²) in [6, 6.07) is 0. The number of nitrogens with zero attached hydrogens (tertiary/aromatic N) is 3. The van der Waals surface area contributed by atoms with E-state index < -0.39 is 16.8 Å². The first-order valence-corrected chi connectivity index (χ1v) is 5.48. The first-order valence-electron chi connectivity index (χ1n) is 5.48. The number of hydrogen-bond acceptors (Lipinski definition) is 6. The molecule has 1 heterocycles. The molecule has 0 spiro atoms. The van der Waals surface area contributed by atoms with Gasteiger partial charge in [-0.3, -0.25) is 24.8 Å². The summed E-state index contributed by atoms with van der Waals surface area (Å²) in [5.74, 6) is -1.31. The van der Waals surface area contributed by atoms with Gasteiger partial charge >= 0.3 is 11.7 Å². The van der Waals surface area contributed by atoms with Crippen LogP contribution < -0.4 is 0 Å². The van der Waals surface area contributed by atoms with Crippen LogP contribution >= 0.6 is 0 Å². The zero-order valence-electron chi connectivity index (χ0n) is 10.8. The number of aromatic amines is 1. The normalized spacial score (nSPS) is 10.1. The molecule has 1 rings (SSSR count). The molecule has 0 saturated heterocycles. The van der Waals surface area contributed by atoms with E-state index >= 15 is 0 Å². The number of nitrogens with one attached hydrogen (secondary N) is 1. The van der Waals surface area contributed by atoms with Crippen molar-refractivity contribution in [2.45, 2.75) is 13.8 Å². The molecule has 104 valence electrons. The quantitative estimate of drug-likeness (QED) is 0.465. The molecule has 9 heteroatoms. The van der Waals surface area contributed by atoms with E-state index in [1.807, 2.05) is 0 Å². The van der Waals surface area contributed by atoms with Gasteiger partial charge in [-0.25, -0.2) is 0 Å². The molecule has 0 aliphatic rings. The number of carbonyl (C=O) groups excluding carboxylic acids is 2. The molecule has 0 atom stereocenters. The molecule has 0 unspecified atom stereocenters. The average Bonchev–Trinajstić information content (AvgIpc) is 2.70. The predicted octanol–water partition coefficient (Wildman–Crippen LogP) is 0.261. The Balaban J connectivity index is 2.89. The van der Waals surface area contributed by atoms with Crippen LogP contribution in [0.4, 0.5) is 5.69 Å². The maximum atomic E-state index is 12.0. The number of rotatable bonds is 5. The van der Waals surface area contributed by atoms with Gasteiger partial charge in [0.05, 0.1) is 11.5 Å². The summed E-state index contributed by atoms with van der Waals surface area (Å²) < 4.78 is 4.69. The highest BCUT2D eigenvalue weighted by molar-refractivity contribution is 5.97. The van der Waals surface area contributed by atoms with E-state index in [1.165, 1.54) is 14.0 Å². The number of likely N-dealkylation sites (N-methyl/N-ethyl adjacent to an activating group) is 1. The van der Waals surface area contributed by atoms with Crippen LogP contribution in [-0.4, -0.2) is 52.1 Å². The molecule has 0 aliphatic carbocycles. The zero-order valence-corrected chi connectivity index (χ0v) is 10.8. The Morgan fingerprint density at radius 3 is 2.68 bits per heavy atom. The highest BCUT2D eigenvalue weighted by atomic mass is 16.6. The molecule has 1 aromatic heterocycles. The van der Waals surface area contributed by atoms with Crippen LogP contribution in [0.2, 0.25) is 0 Å². The van der Waals surface area contributed by atoms with Crippen LogP contribution in [0.1, 0.15) is 23.1 Å². The Labute approximate surface area is 108 Å². The summed E-state index contributed by atoms with van der Waals surface area (Å²) in [7, 11) is 1.34. The Hall–Kier alpha value is -2.45. The maximum absolute atomic E-state index is 12.0. The largest absolute Gasteiger partial charge is 0.465 e. The third kappa shape index (κ3) is 3.27. The van der Waals surface area contributed by atoms with Gasteiger partial charge < -0.3 is 9.64 Å². The van der Waals surface area contributed by atoms with Crippen molar-refractivity contribution in [1.82, 2.24) is 15.1 Å². The summed E-state index contributed by atoms with van der Waals surface area (Å²) in [4.78, 5) is 34.4. The molecule has 0 bridgehead atoms. The lowest BCUT2D eigenvalue weighted by atomic mass is 10.3. The summed E-state index contributed by atoms with van der Waals surface area (Å²) >= 11 is 0. The zero-order chi connectivity index (χ0) is 14.6. The van der Waals surface area contributed by atoms with Gasteiger partial charge in [0.15, 0.2) is 0 Å². The third-order valence-electron chi connectivity index (χ3n) is 2.32. The average molecular weight is 270 g/mol. The van der Waals surface area contributed by atoms with Crippen LogP contribution in [-0.2, 0) is 9.53 Å². The number of hydrogen-bond donors (Lipinski definition) is 1. The molecule has 9 nitrogen and oxygen atoms in total. The monoisotopic (exact) mass is 270 g/mol. The summed E-state index contributed by atoms with van der Waals surface area (Å²) in [6.45, 7) is 2.98. The van der Waals surface area contributed by atoms with Crippen molar-refractivity contribution in [3.05, 3.63) is 21.5 Å². The van der Waals surface area contributed by atoms with E-state index in [-0.39, 0.29) is 30.2 Å². The minimum absolute atomic E-state index is 0.179. The minimum Gasteiger partial charge on any atom is -0.465 e. The van der Waals surface area contributed by atoms with Gasteiger partial charge in [-0.15, -0.1) is 0 Å². The number of H-pyrrole nitrogens is 1. The molecular formula is C10H14N4O5. The Kier molecular flexibility index (Phi) is 4.56. The van der Waals surface area contributed by atoms with E-state index in [9.17, 15) is 19.7 Å². The second-order valence-electron chi connectivity index (χ2n) is 3.77. The molecular weight excluding hydrogens is 256 g/mol. The molecule has 0 fully saturated rings. The van der Waals surface area contributed by atoms with Crippen molar-refractivity contribution in [3.8, 4) is 0 Å². The molecule has 0 aromatic carbocycles. The number of aromatic nitrogens is 2. The fourth-order valence-corrected chi connectivity index (χ4v) is 1.45. The SMILES string of the molecule is CCOC(=O)CN(C)C(=O)c1n[nH]c(C)c1[N+](=O)[O-]. The summed E-state index contributed by atoms with van der Waals surface area (Å²) in [5.41, 5.74) is -0.534. The third-order valence-corrected chi connectivity index (χ3v) is 2.32. The fourth-order valence-electron chi connectivity index (χ4n) is 1.45. The first kappa shape index (κ1) is 14.6. The van der Waals surface area contributed by atoms with Crippen LogP contribution in [0.15, 0.2) is 0 Å². The van der Waals surface area contributed by atoms with Crippen molar-refractivity contribution >= 4 is 17.6 Å². The molecule has 1 amide bonds. The number of nitro groups is 1. The van der Waals surface area contributed by atoms with Crippen LogP contribution in [0.25, 0.3) is 0 Å². The van der Waals surface area contributed by atoms with Gasteiger partial charge in [-0.2, -0.15) is 5.10 Å². The standard InChI is InChI=1S/C10H14N4O5/c1-4-19-7(15)5-13(3)10(16)8-9(14(17)18)6(2)11-12-8/h4-5H2,1-3H3,(H,11,12). The van der Waals surface area contributed by atoms with Crippen molar-refractivity contribution in [2.75, 3.05) is 20.2 Å². The molecule has 1 N–H and O–H groups in total. The van der Waals surface area contributed by atoms with Crippen molar-refractivity contribution in [2.24, 2.45) is 0 Å². The molecule has 1 aromatic rings. The summed E-state index contributed by atoms with van der Waals surface area (Å²) in [5, 5.41) is 16.8. The number of esters is 1. The van der Waals surface area contributed by atoms with Crippen molar-refractivity contribution in [1.29, 1.82) is 0 Å². The van der Waals surface area contributed by atoms with E-state index in [2.05, 4.69) is 14.9 Å². The van der Waals surface area contributed by atoms with Crippen LogP contribution in [0, 0.1) is 17.0 Å². The van der Waals surface area contributed by atoms with Gasteiger partial charge in [-0.05, 0) is 13.8 Å². The number of carbonyl (C=O) groups is 2. The van der Waals surface area contributed by atoms with E-state index in [0.717, 1.165) is 4.90 Å². The van der Waals surface area contributed by atoms with Gasteiger partial charge in [0, 0.05) is 7.05 Å². The molecule has 19 heavy (non-hydrogen) atoms. The Bertz CT molecular complexity index is 510. The lowest BCUT2D eigenvalue weighted by Crippen LogP contribution is -2.33. The smallest absolute Gasteiger partial charge is 0.325 e. The lowest BCUT2D eigenvalue weighted by molar-refractivity contribution is -0.385. The Morgan fingerprint density at radius 2 is 2.16 bits per heavy atom. The van der Waals surface area contributed by atoms with Crippen LogP contribution in [0.5, 0.6) is 0 Å². The van der Waals surface area contributed by atoms with E-state index in [1.54, 1.807) is 6.92 Å². The number of ether oxygens (including phenoxy) is 1. The predicted molar refractivity (Wildman–Crippen MR) is 63.6 cm³/mol. The van der Waals surface area contributed by atoms with Crippen LogP contribution in [0.3, 0.4) is 0 Å². The topological polar surface area (TPSA) is 118 Å². The number of amides is 1. The van der Waals surface area contributed by atoms with Gasteiger partial charge in [0.2, 0.25) is 5.69 Å². The first-order chi connectivity index (χ1) is 8.88. The Morgan fingerprint density at radius 1 is 1.53 bits per heavy atom. The molecule has 0 aliphatic heterocycles. The van der Waals surface area contributed by atoms with Gasteiger partial charge in [0.25, 0.3) is 5.91 Å². The number of aryl methyl sites for hydroxylation is 1. The van der Waals surface area contributed by atoms with Gasteiger partial charge in [-0.1, -0.05) is 0 Å². The lowest BCUT2D eigenvalue weighted by Gasteiger charge is -2.14. The summed E-state index contributed by atoms with van der Waals surface area (Å²) in [6.07, 6.45) is 0. The second-order valence-corrected chi connectivity index (χ2v) is 3.77. The molecule has 0 radical (unpaired) electrons. The fraction of sp³-hybridized carbons (Fsp3) is 0.500. The van der Waals surface area contributed by atoms with Gasteiger partial charge in [0.1, 0.15) is 12.2 Å². The van der Waals surface area contributed by atoms with Crippen molar-refractivity contribution in [3.63, 3.8) is 0 Å². The minimum atomic E-state index is -0.718. The second kappa shape index (κ2) is 5.94. The van der Waals surface area contributed by atoms with E-state index in [0.29, 0.717) is 0 Å². The van der Waals surface area contributed by atoms with Crippen molar-refractivity contribution < 1.29 is 19.2 Å². The highest BCUT2D eigenvalue weighted by Crippen LogP contribution is 2.21. The molecule has 0 saturated carbocycles. The highest BCUT2D eigenvalue weighted by Gasteiger charge is 2.29. The maximum Gasteiger partial charge on any atom is 0.325 e.